The van der Waals surface area contributed by atoms with Gasteiger partial charge in [-0.1, -0.05) is 30.3 Å². The first-order chi connectivity index (χ1) is 12.9. The number of carbonyl (C=O) groups is 1. The highest BCUT2D eigenvalue weighted by atomic mass is 19.4. The number of hydroxylamine groups is 1. The van der Waals surface area contributed by atoms with Crippen LogP contribution in [0, 0.1) is 0 Å². The summed E-state index contributed by atoms with van der Waals surface area (Å²) in [7, 11) is 0. The molecule has 0 aromatic heterocycles. The van der Waals surface area contributed by atoms with Crippen LogP contribution in [0.1, 0.15) is 27.9 Å². The number of alkyl halides is 3. The Morgan fingerprint density at radius 2 is 1.89 bits per heavy atom. The minimum atomic E-state index is -4.37. The van der Waals surface area contributed by atoms with Crippen molar-refractivity contribution in [2.24, 2.45) is 0 Å². The molecule has 3 rings (SSSR count). The van der Waals surface area contributed by atoms with E-state index in [1.807, 2.05) is 24.3 Å². The lowest BCUT2D eigenvalue weighted by Crippen LogP contribution is -2.36. The van der Waals surface area contributed by atoms with Gasteiger partial charge >= 0.3 is 6.18 Å². The van der Waals surface area contributed by atoms with Gasteiger partial charge in [0.2, 0.25) is 0 Å². The molecule has 1 N–H and O–H groups in total. The Balaban J connectivity index is 1.49. The average molecular weight is 376 g/mol. The molecule has 1 heterocycles. The third-order valence-corrected chi connectivity index (χ3v) is 4.21. The van der Waals surface area contributed by atoms with Crippen molar-refractivity contribution in [3.05, 3.63) is 83.1 Å². The number of hydrogen-bond acceptors (Lipinski definition) is 3. The van der Waals surface area contributed by atoms with Gasteiger partial charge in [-0.05, 0) is 35.9 Å². The second-order valence-electron chi connectivity index (χ2n) is 6.19. The van der Waals surface area contributed by atoms with Crippen LogP contribution in [0.4, 0.5) is 13.2 Å². The highest BCUT2D eigenvalue weighted by Crippen LogP contribution is 2.29. The SMILES string of the molecule is O=C(c1ccccc1)N1CC=C(NOCc2cccc(C(F)(F)F)c2)CC1. The number of rotatable bonds is 5. The van der Waals surface area contributed by atoms with E-state index < -0.39 is 11.7 Å². The molecular formula is C20H19F3N2O2. The van der Waals surface area contributed by atoms with E-state index in [0.717, 1.165) is 17.8 Å². The van der Waals surface area contributed by atoms with E-state index in [4.69, 9.17) is 4.84 Å². The lowest BCUT2D eigenvalue weighted by molar-refractivity contribution is -0.137. The fourth-order valence-corrected chi connectivity index (χ4v) is 2.76. The average Bonchev–Trinajstić information content (AvgIpc) is 2.68. The lowest BCUT2D eigenvalue weighted by atomic mass is 10.1. The summed E-state index contributed by atoms with van der Waals surface area (Å²) in [5.41, 5.74) is 3.94. The summed E-state index contributed by atoms with van der Waals surface area (Å²) in [5, 5.41) is 0. The summed E-state index contributed by atoms with van der Waals surface area (Å²) in [4.78, 5) is 19.4. The van der Waals surface area contributed by atoms with Crippen molar-refractivity contribution in [3.63, 3.8) is 0 Å². The predicted octanol–water partition coefficient (Wildman–Crippen LogP) is 4.16. The van der Waals surface area contributed by atoms with Crippen LogP contribution in [0.15, 0.2) is 66.4 Å². The van der Waals surface area contributed by atoms with Crippen molar-refractivity contribution >= 4 is 5.91 Å². The Morgan fingerprint density at radius 1 is 1.11 bits per heavy atom. The monoisotopic (exact) mass is 376 g/mol. The zero-order valence-corrected chi connectivity index (χ0v) is 14.5. The van der Waals surface area contributed by atoms with Gasteiger partial charge in [0.25, 0.3) is 5.91 Å². The van der Waals surface area contributed by atoms with E-state index in [2.05, 4.69) is 5.48 Å². The van der Waals surface area contributed by atoms with E-state index in [-0.39, 0.29) is 12.5 Å². The number of halogens is 3. The second kappa shape index (κ2) is 8.26. The second-order valence-corrected chi connectivity index (χ2v) is 6.19. The number of carbonyl (C=O) groups excluding carboxylic acids is 1. The molecule has 7 heteroatoms. The lowest BCUT2D eigenvalue weighted by Gasteiger charge is -2.26. The molecule has 2 aromatic rings. The molecule has 142 valence electrons. The van der Waals surface area contributed by atoms with Crippen molar-refractivity contribution in [3.8, 4) is 0 Å². The molecule has 0 aliphatic carbocycles. The van der Waals surface area contributed by atoms with Crippen LogP contribution in [0.5, 0.6) is 0 Å². The first-order valence-corrected chi connectivity index (χ1v) is 8.51. The molecule has 0 spiro atoms. The molecule has 27 heavy (non-hydrogen) atoms. The van der Waals surface area contributed by atoms with Gasteiger partial charge in [0.15, 0.2) is 0 Å². The molecule has 0 saturated carbocycles. The van der Waals surface area contributed by atoms with Gasteiger partial charge in [-0.2, -0.15) is 13.2 Å². The molecule has 0 saturated heterocycles. The predicted molar refractivity (Wildman–Crippen MR) is 94.4 cm³/mol. The molecule has 0 radical (unpaired) electrons. The van der Waals surface area contributed by atoms with Gasteiger partial charge in [0.1, 0.15) is 0 Å². The number of benzene rings is 2. The maximum Gasteiger partial charge on any atom is 0.416 e. The van der Waals surface area contributed by atoms with E-state index in [1.54, 1.807) is 23.1 Å². The number of nitrogens with one attached hydrogen (secondary N) is 1. The van der Waals surface area contributed by atoms with Crippen LogP contribution in [0.2, 0.25) is 0 Å². The quantitative estimate of drug-likeness (QED) is 0.797. The maximum atomic E-state index is 12.7. The highest BCUT2D eigenvalue weighted by molar-refractivity contribution is 5.94. The smallest absolute Gasteiger partial charge is 0.334 e. The van der Waals surface area contributed by atoms with Gasteiger partial charge in [-0.15, -0.1) is 0 Å². The Morgan fingerprint density at radius 3 is 2.56 bits per heavy atom. The summed E-state index contributed by atoms with van der Waals surface area (Å²) in [6.07, 6.45) is -1.94. The maximum absolute atomic E-state index is 12.7. The fourth-order valence-electron chi connectivity index (χ4n) is 2.76. The molecule has 2 aromatic carbocycles. The highest BCUT2D eigenvalue weighted by Gasteiger charge is 2.30. The van der Waals surface area contributed by atoms with Gasteiger partial charge in [-0.25, -0.2) is 0 Å². The standard InChI is InChI=1S/C20H19F3N2O2/c21-20(22,23)17-8-4-5-15(13-17)14-27-24-18-9-11-25(12-10-18)19(26)16-6-2-1-3-7-16/h1-9,13,24H,10-12,14H2. The van der Waals surface area contributed by atoms with E-state index in [1.165, 1.54) is 6.07 Å². The van der Waals surface area contributed by atoms with Crippen molar-refractivity contribution < 1.29 is 22.8 Å². The van der Waals surface area contributed by atoms with Crippen LogP contribution >= 0.6 is 0 Å². The Hall–Kier alpha value is -2.80. The van der Waals surface area contributed by atoms with Crippen LogP contribution in [-0.4, -0.2) is 23.9 Å². The zero-order chi connectivity index (χ0) is 19.3. The number of hydrogen-bond donors (Lipinski definition) is 1. The van der Waals surface area contributed by atoms with Gasteiger partial charge in [-0.3, -0.25) is 15.1 Å². The summed E-state index contributed by atoms with van der Waals surface area (Å²) in [6.45, 7) is 0.996. The van der Waals surface area contributed by atoms with Crippen molar-refractivity contribution in [1.82, 2.24) is 10.4 Å². The zero-order valence-electron chi connectivity index (χ0n) is 14.5. The molecule has 1 amide bonds. The van der Waals surface area contributed by atoms with Crippen LogP contribution < -0.4 is 5.48 Å². The first-order valence-electron chi connectivity index (χ1n) is 8.51. The van der Waals surface area contributed by atoms with Crippen molar-refractivity contribution in [2.75, 3.05) is 13.1 Å². The van der Waals surface area contributed by atoms with Crippen LogP contribution in [0.3, 0.4) is 0 Å². The Kier molecular flexibility index (Phi) is 5.81. The van der Waals surface area contributed by atoms with Crippen LogP contribution in [0.25, 0.3) is 0 Å². The fraction of sp³-hybridized carbons (Fsp3) is 0.250. The van der Waals surface area contributed by atoms with E-state index in [0.29, 0.717) is 30.6 Å². The van der Waals surface area contributed by atoms with Gasteiger partial charge in [0.05, 0.1) is 12.2 Å². The van der Waals surface area contributed by atoms with Crippen molar-refractivity contribution in [2.45, 2.75) is 19.2 Å². The Bertz CT molecular complexity index is 819. The molecule has 0 atom stereocenters. The van der Waals surface area contributed by atoms with Gasteiger partial charge < -0.3 is 4.90 Å². The molecule has 0 bridgehead atoms. The summed E-state index contributed by atoms with van der Waals surface area (Å²) < 4.78 is 38.1. The first kappa shape index (κ1) is 19.0. The third-order valence-electron chi connectivity index (χ3n) is 4.21. The normalized spacial score (nSPS) is 14.6. The van der Waals surface area contributed by atoms with Crippen molar-refractivity contribution in [1.29, 1.82) is 0 Å². The molecule has 0 fully saturated rings. The van der Waals surface area contributed by atoms with E-state index >= 15 is 0 Å². The molecule has 1 aliphatic heterocycles. The topological polar surface area (TPSA) is 41.6 Å². The van der Waals surface area contributed by atoms with Crippen LogP contribution in [-0.2, 0) is 17.6 Å². The molecule has 0 unspecified atom stereocenters. The molecular weight excluding hydrogens is 357 g/mol. The largest absolute Gasteiger partial charge is 0.416 e. The third kappa shape index (κ3) is 5.10. The van der Waals surface area contributed by atoms with Gasteiger partial charge in [0, 0.05) is 30.8 Å². The number of amides is 1. The summed E-state index contributed by atoms with van der Waals surface area (Å²) in [6, 6.07) is 14.1. The molecule has 4 nitrogen and oxygen atoms in total. The molecule has 1 aliphatic rings. The van der Waals surface area contributed by atoms with E-state index in [9.17, 15) is 18.0 Å². The minimum absolute atomic E-state index is 0.00786. The number of nitrogens with zero attached hydrogens (tertiary/aromatic N) is 1. The minimum Gasteiger partial charge on any atom is -0.334 e. The summed E-state index contributed by atoms with van der Waals surface area (Å²) in [5.74, 6) is -0.0317. The summed E-state index contributed by atoms with van der Waals surface area (Å²) >= 11 is 0. The Labute approximate surface area is 155 Å².